The second-order valence-electron chi connectivity index (χ2n) is 8.59. The minimum atomic E-state index is -1.87. The van der Waals surface area contributed by atoms with Gasteiger partial charge in [-0.2, -0.15) is 0 Å². The molecule has 1 aliphatic heterocycles. The molecule has 2 N–H and O–H groups in total. The number of aliphatic hydroxyl groups is 2. The van der Waals surface area contributed by atoms with Crippen LogP contribution < -0.4 is 0 Å². The summed E-state index contributed by atoms with van der Waals surface area (Å²) in [5.41, 5.74) is 0.468. The van der Waals surface area contributed by atoms with Crippen LogP contribution in [0.1, 0.15) is 60.3 Å². The molecule has 3 atom stereocenters. The third kappa shape index (κ3) is 6.15. The molecule has 1 unspecified atom stereocenters. The van der Waals surface area contributed by atoms with Gasteiger partial charge in [-0.25, -0.2) is 0 Å². The Labute approximate surface area is 154 Å². The number of aliphatic hydroxyl groups excluding tert-OH is 1. The fourth-order valence-corrected chi connectivity index (χ4v) is 3.51. The van der Waals surface area contributed by atoms with Crippen molar-refractivity contribution in [2.24, 2.45) is 0 Å². The molecular formula is C19H38O5Si. The van der Waals surface area contributed by atoms with E-state index < -0.39 is 26.5 Å². The first kappa shape index (κ1) is 22.8. The van der Waals surface area contributed by atoms with Crippen LogP contribution in [0, 0.1) is 0 Å². The molecule has 0 aromatic heterocycles. The second-order valence-corrected chi connectivity index (χ2v) is 13.4. The lowest BCUT2D eigenvalue weighted by atomic mass is 10.0. The molecular weight excluding hydrogens is 336 g/mol. The minimum Gasteiger partial charge on any atom is -0.414 e. The van der Waals surface area contributed by atoms with Crippen molar-refractivity contribution < 1.29 is 24.1 Å². The zero-order valence-corrected chi connectivity index (χ0v) is 18.1. The van der Waals surface area contributed by atoms with E-state index in [-0.39, 0.29) is 11.1 Å². The zero-order valence-electron chi connectivity index (χ0n) is 17.1. The molecule has 148 valence electrons. The second kappa shape index (κ2) is 8.63. The summed E-state index contributed by atoms with van der Waals surface area (Å²) in [5.74, 6) is -1.19. The maximum Gasteiger partial charge on any atom is 0.192 e. The Morgan fingerprint density at radius 3 is 2.24 bits per heavy atom. The number of rotatable bonds is 7. The first-order chi connectivity index (χ1) is 11.3. The number of hydrogen-bond donors (Lipinski definition) is 2. The lowest BCUT2D eigenvalue weighted by molar-refractivity contribution is -0.229. The molecule has 0 spiro atoms. The Morgan fingerprint density at radius 1 is 1.20 bits per heavy atom. The van der Waals surface area contributed by atoms with Gasteiger partial charge in [0.05, 0.1) is 18.8 Å². The molecule has 1 fully saturated rings. The van der Waals surface area contributed by atoms with Crippen molar-refractivity contribution in [1.29, 1.82) is 0 Å². The predicted molar refractivity (Wildman–Crippen MR) is 103 cm³/mol. The van der Waals surface area contributed by atoms with Gasteiger partial charge in [0.15, 0.2) is 20.4 Å². The summed E-state index contributed by atoms with van der Waals surface area (Å²) in [4.78, 5) is 0. The van der Waals surface area contributed by atoms with Gasteiger partial charge in [0.2, 0.25) is 0 Å². The molecule has 0 aromatic rings. The highest BCUT2D eigenvalue weighted by Crippen LogP contribution is 2.37. The Kier molecular flexibility index (Phi) is 7.87. The van der Waals surface area contributed by atoms with Gasteiger partial charge in [-0.05, 0) is 43.8 Å². The van der Waals surface area contributed by atoms with Crippen molar-refractivity contribution in [2.75, 3.05) is 6.61 Å². The Bertz CT molecular complexity index is 440. The Morgan fingerprint density at radius 2 is 1.76 bits per heavy atom. The van der Waals surface area contributed by atoms with Gasteiger partial charge in [-0.1, -0.05) is 41.2 Å². The Hall–Kier alpha value is -0.243. The van der Waals surface area contributed by atoms with Crippen LogP contribution in [-0.4, -0.2) is 49.4 Å². The molecule has 1 saturated heterocycles. The third-order valence-corrected chi connectivity index (χ3v) is 10.2. The van der Waals surface area contributed by atoms with Crippen molar-refractivity contribution in [1.82, 2.24) is 0 Å². The van der Waals surface area contributed by atoms with E-state index in [1.165, 1.54) is 0 Å². The molecule has 0 amide bonds. The van der Waals surface area contributed by atoms with Crippen LogP contribution in [0.5, 0.6) is 0 Å². The lowest BCUT2D eigenvalue weighted by Gasteiger charge is -2.37. The summed E-state index contributed by atoms with van der Waals surface area (Å²) in [6.45, 7) is 19.1. The summed E-state index contributed by atoms with van der Waals surface area (Å²) in [5, 5.41) is 20.9. The number of ether oxygens (including phenoxy) is 2. The first-order valence-corrected chi connectivity index (χ1v) is 12.3. The fraction of sp³-hybridized carbons (Fsp3) is 0.895. The van der Waals surface area contributed by atoms with Gasteiger partial charge in [0.25, 0.3) is 0 Å². The molecule has 0 radical (unpaired) electrons. The average Bonchev–Trinajstić information content (AvgIpc) is 2.65. The topological polar surface area (TPSA) is 68.2 Å². The van der Waals surface area contributed by atoms with E-state index in [1.54, 1.807) is 0 Å². The van der Waals surface area contributed by atoms with E-state index in [0.29, 0.717) is 37.9 Å². The molecule has 0 bridgehead atoms. The summed E-state index contributed by atoms with van der Waals surface area (Å²) in [6, 6.07) is 0. The van der Waals surface area contributed by atoms with Crippen LogP contribution in [0.15, 0.2) is 12.2 Å². The number of hydrogen-bond acceptors (Lipinski definition) is 5. The van der Waals surface area contributed by atoms with Gasteiger partial charge in [0, 0.05) is 5.57 Å². The largest absolute Gasteiger partial charge is 0.414 e. The smallest absolute Gasteiger partial charge is 0.192 e. The molecule has 0 aromatic carbocycles. The molecule has 6 heteroatoms. The molecule has 0 saturated carbocycles. The normalized spacial score (nSPS) is 26.6. The van der Waals surface area contributed by atoms with E-state index in [9.17, 15) is 10.2 Å². The summed E-state index contributed by atoms with van der Waals surface area (Å²) in [6.07, 6.45) is 0.592. The SMILES string of the molecule is C=C1C(O)O[C@H](CO[Si](C)(C)C(C)(C)C)CC[C@H]1OC(O)(CC)CC. The van der Waals surface area contributed by atoms with Crippen molar-refractivity contribution >= 4 is 8.32 Å². The van der Waals surface area contributed by atoms with E-state index >= 15 is 0 Å². The third-order valence-electron chi connectivity index (χ3n) is 5.71. The van der Waals surface area contributed by atoms with Crippen molar-refractivity contribution in [2.45, 2.75) is 103 Å². The zero-order chi connectivity index (χ0) is 19.5. The summed E-state index contributed by atoms with van der Waals surface area (Å²) >= 11 is 0. The van der Waals surface area contributed by atoms with Crippen LogP contribution in [0.3, 0.4) is 0 Å². The molecule has 1 rings (SSSR count). The summed E-state index contributed by atoms with van der Waals surface area (Å²) < 4.78 is 17.8. The van der Waals surface area contributed by atoms with Crippen LogP contribution in [0.4, 0.5) is 0 Å². The highest BCUT2D eigenvalue weighted by molar-refractivity contribution is 6.74. The van der Waals surface area contributed by atoms with E-state index in [0.717, 1.165) is 0 Å². The van der Waals surface area contributed by atoms with Gasteiger partial charge < -0.3 is 24.1 Å². The van der Waals surface area contributed by atoms with Gasteiger partial charge in [0.1, 0.15) is 0 Å². The average molecular weight is 375 g/mol. The molecule has 25 heavy (non-hydrogen) atoms. The highest BCUT2D eigenvalue weighted by atomic mass is 28.4. The van der Waals surface area contributed by atoms with Crippen molar-refractivity contribution in [3.63, 3.8) is 0 Å². The van der Waals surface area contributed by atoms with E-state index in [4.69, 9.17) is 13.9 Å². The maximum atomic E-state index is 10.4. The van der Waals surface area contributed by atoms with Crippen molar-refractivity contribution in [3.05, 3.63) is 12.2 Å². The van der Waals surface area contributed by atoms with E-state index in [1.807, 2.05) is 13.8 Å². The first-order valence-electron chi connectivity index (χ1n) is 9.41. The lowest BCUT2D eigenvalue weighted by Crippen LogP contribution is -2.43. The maximum absolute atomic E-state index is 10.4. The molecule has 1 heterocycles. The molecule has 1 aliphatic rings. The van der Waals surface area contributed by atoms with Crippen molar-refractivity contribution in [3.8, 4) is 0 Å². The van der Waals surface area contributed by atoms with Crippen LogP contribution >= 0.6 is 0 Å². The standard InChI is InChI=1S/C19H38O5Si/c1-9-19(21,10-2)24-16-12-11-15(23-17(20)14(16)3)13-22-25(7,8)18(4,5)6/h15-17,20-21H,3,9-13H2,1-2,4-8H3/t15-,16+,17?/m0/s1. The van der Waals surface area contributed by atoms with Crippen LogP contribution in [0.2, 0.25) is 18.1 Å². The monoisotopic (exact) mass is 374 g/mol. The van der Waals surface area contributed by atoms with Gasteiger partial charge in [-0.3, -0.25) is 0 Å². The predicted octanol–water partition coefficient (Wildman–Crippen LogP) is 3.96. The minimum absolute atomic E-state index is 0.129. The van der Waals surface area contributed by atoms with Crippen LogP contribution in [0.25, 0.3) is 0 Å². The highest BCUT2D eigenvalue weighted by Gasteiger charge is 2.39. The molecule has 5 nitrogen and oxygen atoms in total. The van der Waals surface area contributed by atoms with Gasteiger partial charge >= 0.3 is 0 Å². The van der Waals surface area contributed by atoms with Crippen LogP contribution in [-0.2, 0) is 13.9 Å². The fourth-order valence-electron chi connectivity index (χ4n) is 2.48. The Balaban J connectivity index is 2.72. The molecule has 0 aliphatic carbocycles. The van der Waals surface area contributed by atoms with E-state index in [2.05, 4.69) is 40.4 Å². The van der Waals surface area contributed by atoms with Gasteiger partial charge in [-0.15, -0.1) is 0 Å². The quantitative estimate of drug-likeness (QED) is 0.401. The summed E-state index contributed by atoms with van der Waals surface area (Å²) in [7, 11) is -1.87.